The van der Waals surface area contributed by atoms with E-state index in [4.69, 9.17) is 25.6 Å². The van der Waals surface area contributed by atoms with E-state index in [1.165, 1.54) is 7.11 Å². The Hall–Kier alpha value is -3.01. The summed E-state index contributed by atoms with van der Waals surface area (Å²) in [5.41, 5.74) is 4.22. The number of benzene rings is 3. The predicted octanol–water partition coefficient (Wildman–Crippen LogP) is 7.64. The monoisotopic (exact) mass is 538 g/mol. The van der Waals surface area contributed by atoms with Crippen molar-refractivity contribution < 1.29 is 18.8 Å². The highest BCUT2D eigenvalue weighted by molar-refractivity contribution is 7.98. The fourth-order valence-corrected chi connectivity index (χ4v) is 4.79. The van der Waals surface area contributed by atoms with Gasteiger partial charge in [0, 0.05) is 27.9 Å². The van der Waals surface area contributed by atoms with Crippen LogP contribution in [-0.2, 0) is 9.22 Å². The average molecular weight is 539 g/mol. The highest BCUT2D eigenvalue weighted by Crippen LogP contribution is 2.37. The Kier molecular flexibility index (Phi) is 8.90. The van der Waals surface area contributed by atoms with Crippen molar-refractivity contribution in [2.75, 3.05) is 25.8 Å². The Bertz CT molecular complexity index is 1370. The minimum absolute atomic E-state index is 0.245. The number of carbonyl (C=O) groups excluding carboxylic acids is 1. The van der Waals surface area contributed by atoms with Crippen LogP contribution in [-0.4, -0.2) is 31.4 Å². The first-order valence-electron chi connectivity index (χ1n) is 10.8. The average Bonchev–Trinajstić information content (AvgIpc) is 2.92. The predicted molar refractivity (Wildman–Crippen MR) is 147 cm³/mol. The van der Waals surface area contributed by atoms with Crippen LogP contribution in [0.5, 0.6) is 5.75 Å². The number of rotatable bonds is 9. The summed E-state index contributed by atoms with van der Waals surface area (Å²) in [7, 11) is 3.02. The van der Waals surface area contributed by atoms with Crippen LogP contribution < -0.4 is 10.1 Å². The lowest BCUT2D eigenvalue weighted by Crippen LogP contribution is -2.13. The number of aromatic nitrogens is 1. The topological polar surface area (TPSA) is 69.7 Å². The molecule has 0 atom stereocenters. The van der Waals surface area contributed by atoms with E-state index in [2.05, 4.69) is 10.3 Å². The largest absolute Gasteiger partial charge is 0.495 e. The molecule has 9 heteroatoms. The molecule has 0 aliphatic rings. The second-order valence-electron chi connectivity index (χ2n) is 7.46. The molecule has 0 bridgehead atoms. The van der Waals surface area contributed by atoms with Crippen LogP contribution in [0, 0.1) is 0 Å². The molecule has 36 heavy (non-hydrogen) atoms. The van der Waals surface area contributed by atoms with Gasteiger partial charge in [0.1, 0.15) is 5.75 Å². The zero-order chi connectivity index (χ0) is 25.5. The summed E-state index contributed by atoms with van der Waals surface area (Å²) in [6.07, 6.45) is 3.70. The second kappa shape index (κ2) is 12.3. The van der Waals surface area contributed by atoms with Gasteiger partial charge in [-0.25, -0.2) is 4.89 Å². The fraction of sp³-hybridized carbons (Fsp3) is 0.111. The summed E-state index contributed by atoms with van der Waals surface area (Å²) in [5, 5.41) is 3.56. The molecule has 1 aromatic heterocycles. The van der Waals surface area contributed by atoms with Crippen molar-refractivity contribution in [1.82, 2.24) is 4.98 Å². The molecule has 0 radical (unpaired) electrons. The second-order valence-corrected chi connectivity index (χ2v) is 9.49. The van der Waals surface area contributed by atoms with Gasteiger partial charge in [-0.3, -0.25) is 9.78 Å². The summed E-state index contributed by atoms with van der Waals surface area (Å²) in [5.74, 6) is 0.390. The van der Waals surface area contributed by atoms with E-state index < -0.39 is 0 Å². The molecule has 3 aromatic carbocycles. The van der Waals surface area contributed by atoms with Crippen molar-refractivity contribution in [2.45, 2.75) is 9.79 Å². The number of pyridine rings is 1. The maximum Gasteiger partial charge on any atom is 0.256 e. The molecule has 0 unspecified atom stereocenters. The van der Waals surface area contributed by atoms with Gasteiger partial charge in [0.2, 0.25) is 0 Å². The molecule has 184 valence electrons. The van der Waals surface area contributed by atoms with Gasteiger partial charge in [-0.15, -0.1) is 11.8 Å². The van der Waals surface area contributed by atoms with E-state index in [1.54, 1.807) is 37.2 Å². The maximum atomic E-state index is 13.5. The molecular weight excluding hydrogens is 516 g/mol. The quantitative estimate of drug-likeness (QED) is 0.102. The number of halogens is 1. The molecule has 1 N–H and O–H groups in total. The third kappa shape index (κ3) is 6.03. The zero-order valence-corrected chi connectivity index (χ0v) is 22.2. The number of anilines is 1. The number of ether oxygens (including phenoxy) is 1. The number of hydrogen-bond acceptors (Lipinski definition) is 7. The Labute approximate surface area is 223 Å². The third-order valence-corrected chi connectivity index (χ3v) is 7.06. The van der Waals surface area contributed by atoms with E-state index in [1.807, 2.05) is 66.9 Å². The number of carbonyl (C=O) groups is 1. The summed E-state index contributed by atoms with van der Waals surface area (Å²) in [4.78, 5) is 24.3. The Morgan fingerprint density at radius 3 is 2.56 bits per heavy atom. The van der Waals surface area contributed by atoms with Crippen LogP contribution in [0.3, 0.4) is 0 Å². The summed E-state index contributed by atoms with van der Waals surface area (Å²) < 4.78 is 10.5. The number of thioether (sulfide) groups is 1. The van der Waals surface area contributed by atoms with Crippen molar-refractivity contribution in [2.24, 2.45) is 0 Å². The number of hydrogen-bond donors (Lipinski definition) is 1. The SMILES string of the molecule is COOSc1cc(-c2cc(SC)ccc2C(=O)Nc2ccc(Cl)c(-c3ccccn3)c2)ccc1OC. The fourth-order valence-electron chi connectivity index (χ4n) is 3.59. The van der Waals surface area contributed by atoms with Crippen molar-refractivity contribution in [3.8, 4) is 28.1 Å². The van der Waals surface area contributed by atoms with Crippen LogP contribution >= 0.6 is 35.4 Å². The van der Waals surface area contributed by atoms with Gasteiger partial charge in [-0.2, -0.15) is 4.33 Å². The van der Waals surface area contributed by atoms with Crippen molar-refractivity contribution >= 4 is 47.0 Å². The first-order valence-corrected chi connectivity index (χ1v) is 13.1. The molecule has 0 saturated heterocycles. The van der Waals surface area contributed by atoms with Crippen LogP contribution in [0.1, 0.15) is 10.4 Å². The van der Waals surface area contributed by atoms with Crippen molar-refractivity contribution in [1.29, 1.82) is 0 Å². The van der Waals surface area contributed by atoms with Crippen LogP contribution in [0.2, 0.25) is 5.02 Å². The van der Waals surface area contributed by atoms with Crippen molar-refractivity contribution in [3.63, 3.8) is 0 Å². The minimum Gasteiger partial charge on any atom is -0.495 e. The van der Waals surface area contributed by atoms with Crippen LogP contribution in [0.4, 0.5) is 5.69 Å². The molecule has 0 aliphatic carbocycles. The van der Waals surface area contributed by atoms with Crippen molar-refractivity contribution in [3.05, 3.63) is 89.6 Å². The Morgan fingerprint density at radius 2 is 1.83 bits per heavy atom. The number of nitrogens with zero attached hydrogens (tertiary/aromatic N) is 1. The molecule has 6 nitrogen and oxygen atoms in total. The lowest BCUT2D eigenvalue weighted by atomic mass is 9.98. The molecular formula is C27H23ClN2O4S2. The highest BCUT2D eigenvalue weighted by atomic mass is 35.5. The maximum absolute atomic E-state index is 13.5. The summed E-state index contributed by atoms with van der Waals surface area (Å²) >= 11 is 9.05. The Morgan fingerprint density at radius 1 is 0.972 bits per heavy atom. The molecule has 4 rings (SSSR count). The van der Waals surface area contributed by atoms with E-state index in [0.717, 1.165) is 44.2 Å². The van der Waals surface area contributed by atoms with E-state index in [0.29, 0.717) is 22.0 Å². The summed E-state index contributed by atoms with van der Waals surface area (Å²) in [6.45, 7) is 0. The molecule has 0 fully saturated rings. The molecule has 1 heterocycles. The van der Waals surface area contributed by atoms with Gasteiger partial charge >= 0.3 is 0 Å². The molecule has 1 amide bonds. The van der Waals surface area contributed by atoms with Gasteiger partial charge in [0.25, 0.3) is 5.91 Å². The molecule has 0 spiro atoms. The third-order valence-electron chi connectivity index (χ3n) is 5.30. The number of methoxy groups -OCH3 is 1. The van der Waals surface area contributed by atoms with Gasteiger partial charge in [0.05, 0.1) is 41.9 Å². The highest BCUT2D eigenvalue weighted by Gasteiger charge is 2.17. The lowest BCUT2D eigenvalue weighted by molar-refractivity contribution is -0.160. The van der Waals surface area contributed by atoms with Gasteiger partial charge < -0.3 is 10.1 Å². The smallest absolute Gasteiger partial charge is 0.256 e. The normalized spacial score (nSPS) is 10.8. The van der Waals surface area contributed by atoms with Crippen LogP contribution in [0.25, 0.3) is 22.4 Å². The van der Waals surface area contributed by atoms with Gasteiger partial charge in [-0.05, 0) is 78.0 Å². The van der Waals surface area contributed by atoms with Gasteiger partial charge in [-0.1, -0.05) is 23.7 Å². The van der Waals surface area contributed by atoms with Crippen LogP contribution in [0.15, 0.2) is 88.8 Å². The van der Waals surface area contributed by atoms with E-state index in [9.17, 15) is 4.79 Å². The standard InChI is InChI=1S/C27H23ClN2O4S2/c1-32-25-12-7-17(14-26(25)36-34-33-2)21-16-19(35-3)9-10-20(21)27(31)30-18-8-11-23(28)22(15-18)24-6-4-5-13-29-24/h4-16H,1-3H3,(H,30,31). The van der Waals surface area contributed by atoms with Gasteiger partial charge in [0.15, 0.2) is 0 Å². The first kappa shape index (κ1) is 26.1. The first-order chi connectivity index (χ1) is 17.5. The van der Waals surface area contributed by atoms with E-state index in [-0.39, 0.29) is 5.91 Å². The Balaban J connectivity index is 1.70. The molecule has 0 aliphatic heterocycles. The number of nitrogens with one attached hydrogen (secondary N) is 1. The zero-order valence-electron chi connectivity index (χ0n) is 19.8. The van der Waals surface area contributed by atoms with E-state index >= 15 is 0 Å². The minimum atomic E-state index is -0.245. The molecule has 0 saturated carbocycles. The lowest BCUT2D eigenvalue weighted by Gasteiger charge is -2.15. The molecule has 4 aromatic rings. The number of amides is 1. The summed E-state index contributed by atoms with van der Waals surface area (Å²) in [6, 6.07) is 22.3.